The van der Waals surface area contributed by atoms with Crippen molar-refractivity contribution in [3.05, 3.63) is 0 Å². The summed E-state index contributed by atoms with van der Waals surface area (Å²) in [5, 5.41) is 9.27. The van der Waals surface area contributed by atoms with Gasteiger partial charge in [0.1, 0.15) is 5.04 Å². The molecule has 8 nitrogen and oxygen atoms in total. The fourth-order valence-electron chi connectivity index (χ4n) is 2.37. The molecule has 2 aliphatic heterocycles. The number of carbonyl (C=O) groups is 3. The zero-order valence-electron chi connectivity index (χ0n) is 12.1. The van der Waals surface area contributed by atoms with Crippen LogP contribution in [-0.4, -0.2) is 69.1 Å². The molecule has 0 aromatic carbocycles. The largest absolute Gasteiger partial charge is 0.481 e. The van der Waals surface area contributed by atoms with E-state index in [4.69, 9.17) is 5.11 Å². The highest BCUT2D eigenvalue weighted by molar-refractivity contribution is 8.14. The standard InChI is InChI=1S/C13H14N4O4S/c1-16-10-8(12(20)17(2)13(16)21)11(22-5-7(18)19)15-9(14-10)6-3-4-6/h6,8H,3-5H2,1-2H3/p+1. The molecule has 3 amide bonds. The number of fused-ring (bicyclic) bond motifs is 1. The number of aliphatic carboxylic acids is 1. The van der Waals surface area contributed by atoms with Crippen molar-refractivity contribution in [3.63, 3.8) is 0 Å². The number of amidine groups is 2. The summed E-state index contributed by atoms with van der Waals surface area (Å²) < 4.78 is 1.34. The van der Waals surface area contributed by atoms with Crippen molar-refractivity contribution in [1.82, 2.24) is 4.90 Å². The highest BCUT2D eigenvalue weighted by Gasteiger charge is 2.50. The Kier molecular flexibility index (Phi) is 3.59. The molecule has 0 spiro atoms. The third-order valence-corrected chi connectivity index (χ3v) is 4.75. The third kappa shape index (κ3) is 2.45. The Balaban J connectivity index is 2.04. The topological polar surface area (TPSA) is 102 Å². The molecular weight excluding hydrogens is 308 g/mol. The Morgan fingerprint density at radius 1 is 1.41 bits per heavy atom. The zero-order chi connectivity index (χ0) is 16.0. The number of amides is 3. The summed E-state index contributed by atoms with van der Waals surface area (Å²) in [5.41, 5.74) is 0. The Labute approximate surface area is 130 Å². The highest BCUT2D eigenvalue weighted by atomic mass is 32.2. The van der Waals surface area contributed by atoms with E-state index >= 15 is 0 Å². The van der Waals surface area contributed by atoms with Crippen LogP contribution in [-0.2, 0) is 9.59 Å². The smallest absolute Gasteiger partial charge is 0.445 e. The Hall–Kier alpha value is -2.03. The van der Waals surface area contributed by atoms with Gasteiger partial charge in [-0.3, -0.25) is 9.59 Å². The summed E-state index contributed by atoms with van der Waals surface area (Å²) in [5.74, 6) is -1.20. The Morgan fingerprint density at radius 3 is 2.68 bits per heavy atom. The number of hydrogen-bond acceptors (Lipinski definition) is 6. The molecule has 1 saturated carbocycles. The normalized spacial score (nSPS) is 25.0. The lowest BCUT2D eigenvalue weighted by atomic mass is 10.0. The maximum absolute atomic E-state index is 12.4. The summed E-state index contributed by atoms with van der Waals surface area (Å²) in [4.78, 5) is 45.1. The van der Waals surface area contributed by atoms with E-state index in [0.717, 1.165) is 29.5 Å². The number of thioether (sulfide) groups is 1. The molecule has 1 fully saturated rings. The summed E-state index contributed by atoms with van der Waals surface area (Å²) >= 11 is 1.01. The van der Waals surface area contributed by atoms with Crippen molar-refractivity contribution in [2.24, 2.45) is 21.8 Å². The van der Waals surface area contributed by atoms with Gasteiger partial charge in [-0.2, -0.15) is 9.48 Å². The number of carboxylic acids is 1. The predicted octanol–water partition coefficient (Wildman–Crippen LogP) is 0.274. The van der Waals surface area contributed by atoms with Gasteiger partial charge < -0.3 is 5.11 Å². The first-order valence-corrected chi connectivity index (χ1v) is 7.82. The van der Waals surface area contributed by atoms with Crippen LogP contribution in [0.3, 0.4) is 0 Å². The number of rotatable bonds is 3. The first-order chi connectivity index (χ1) is 10.4. The van der Waals surface area contributed by atoms with Crippen molar-refractivity contribution in [1.29, 1.82) is 0 Å². The van der Waals surface area contributed by atoms with E-state index in [-0.39, 0.29) is 11.7 Å². The van der Waals surface area contributed by atoms with Gasteiger partial charge in [-0.1, -0.05) is 16.8 Å². The van der Waals surface area contributed by atoms with Gasteiger partial charge in [-0.25, -0.2) is 9.79 Å². The SMILES string of the molecule is CN1C(=O)C2C(SCC(=O)O)=NC(C3CC3)=NC2=[N+](C)C1=O. The van der Waals surface area contributed by atoms with Crippen LogP contribution in [0.4, 0.5) is 4.79 Å². The van der Waals surface area contributed by atoms with Crippen molar-refractivity contribution in [2.45, 2.75) is 12.8 Å². The van der Waals surface area contributed by atoms with Crippen LogP contribution in [0.5, 0.6) is 0 Å². The number of carboxylic acid groups (broad SMARTS) is 1. The van der Waals surface area contributed by atoms with Gasteiger partial charge in [0.05, 0.1) is 19.8 Å². The summed E-state index contributed by atoms with van der Waals surface area (Å²) in [6, 6.07) is -0.445. The number of carbonyl (C=O) groups excluding carboxylic acids is 2. The fraction of sp³-hybridized carbons (Fsp3) is 0.538. The van der Waals surface area contributed by atoms with E-state index in [1.54, 1.807) is 7.05 Å². The summed E-state index contributed by atoms with van der Waals surface area (Å²) in [7, 11) is 2.96. The van der Waals surface area contributed by atoms with Gasteiger partial charge >= 0.3 is 17.9 Å². The minimum absolute atomic E-state index is 0.185. The molecule has 1 atom stereocenters. The van der Waals surface area contributed by atoms with Crippen LogP contribution in [0.2, 0.25) is 0 Å². The number of hydrogen-bond donors (Lipinski definition) is 1. The number of imide groups is 1. The molecular formula is C13H15N4O4S+. The maximum atomic E-state index is 12.4. The molecule has 0 saturated heterocycles. The average molecular weight is 323 g/mol. The summed E-state index contributed by atoms with van der Waals surface area (Å²) in [6.07, 6.45) is 1.95. The van der Waals surface area contributed by atoms with E-state index in [9.17, 15) is 14.4 Å². The second-order valence-corrected chi connectivity index (χ2v) is 6.40. The van der Waals surface area contributed by atoms with Crippen molar-refractivity contribution >= 4 is 46.4 Å². The third-order valence-electron chi connectivity index (χ3n) is 3.74. The van der Waals surface area contributed by atoms with Gasteiger partial charge in [-0.15, -0.1) is 0 Å². The first kappa shape index (κ1) is 14.9. The van der Waals surface area contributed by atoms with Crippen molar-refractivity contribution < 1.29 is 24.1 Å². The summed E-state index contributed by atoms with van der Waals surface area (Å²) in [6.45, 7) is 0. The molecule has 1 unspecified atom stereocenters. The van der Waals surface area contributed by atoms with Crippen molar-refractivity contribution in [2.75, 3.05) is 19.8 Å². The van der Waals surface area contributed by atoms with Gasteiger partial charge in [0.15, 0.2) is 5.92 Å². The number of urea groups is 1. The molecule has 0 aromatic heterocycles. The maximum Gasteiger partial charge on any atom is 0.445 e. The van der Waals surface area contributed by atoms with E-state index in [0.29, 0.717) is 16.7 Å². The van der Waals surface area contributed by atoms with Crippen LogP contribution in [0, 0.1) is 11.8 Å². The van der Waals surface area contributed by atoms with E-state index in [1.165, 1.54) is 11.6 Å². The van der Waals surface area contributed by atoms with Crippen molar-refractivity contribution in [3.8, 4) is 0 Å². The lowest BCUT2D eigenvalue weighted by Gasteiger charge is -2.26. The Bertz CT molecular complexity index is 678. The lowest BCUT2D eigenvalue weighted by molar-refractivity contribution is -0.407. The molecule has 9 heteroatoms. The van der Waals surface area contributed by atoms with Crippen LogP contribution in [0.1, 0.15) is 12.8 Å². The second-order valence-electron chi connectivity index (χ2n) is 5.41. The van der Waals surface area contributed by atoms with Gasteiger partial charge in [0.25, 0.3) is 5.84 Å². The minimum atomic E-state index is -0.981. The second kappa shape index (κ2) is 5.31. The molecule has 1 aliphatic carbocycles. The molecule has 2 heterocycles. The predicted molar refractivity (Wildman–Crippen MR) is 80.5 cm³/mol. The number of aliphatic imine (C=N–C) groups is 2. The van der Waals surface area contributed by atoms with Crippen LogP contribution < -0.4 is 0 Å². The number of nitrogens with zero attached hydrogens (tertiary/aromatic N) is 4. The quantitative estimate of drug-likeness (QED) is 0.751. The molecule has 3 aliphatic rings. The fourth-order valence-corrected chi connectivity index (χ4v) is 3.17. The van der Waals surface area contributed by atoms with E-state index in [2.05, 4.69) is 9.98 Å². The molecule has 0 bridgehead atoms. The van der Waals surface area contributed by atoms with Crippen LogP contribution in [0.25, 0.3) is 0 Å². The minimum Gasteiger partial charge on any atom is -0.481 e. The Morgan fingerprint density at radius 2 is 2.09 bits per heavy atom. The molecule has 22 heavy (non-hydrogen) atoms. The highest BCUT2D eigenvalue weighted by Crippen LogP contribution is 2.35. The van der Waals surface area contributed by atoms with Gasteiger partial charge in [0.2, 0.25) is 5.84 Å². The molecule has 0 aromatic rings. The lowest BCUT2D eigenvalue weighted by Crippen LogP contribution is -2.54. The monoisotopic (exact) mass is 323 g/mol. The average Bonchev–Trinajstić information content (AvgIpc) is 3.32. The molecule has 116 valence electrons. The molecule has 3 rings (SSSR count). The van der Waals surface area contributed by atoms with Gasteiger partial charge in [-0.05, 0) is 12.8 Å². The van der Waals surface area contributed by atoms with Crippen LogP contribution in [0.15, 0.2) is 9.98 Å². The van der Waals surface area contributed by atoms with Gasteiger partial charge in [0, 0.05) is 5.92 Å². The van der Waals surface area contributed by atoms with E-state index < -0.39 is 23.8 Å². The van der Waals surface area contributed by atoms with Crippen LogP contribution >= 0.6 is 11.8 Å². The van der Waals surface area contributed by atoms with E-state index in [1.807, 2.05) is 0 Å². The first-order valence-electron chi connectivity index (χ1n) is 6.84. The molecule has 1 N–H and O–H groups in total. The molecule has 0 radical (unpaired) electrons. The zero-order valence-corrected chi connectivity index (χ0v) is 13.0.